The number of rotatable bonds is 41. The van der Waals surface area contributed by atoms with Gasteiger partial charge in [-0.1, -0.05) is 154 Å². The summed E-state index contributed by atoms with van der Waals surface area (Å²) in [5.74, 6) is -2.50. The van der Waals surface area contributed by atoms with E-state index < -0.39 is 63.3 Å². The number of carboxylic acid groups (broad SMARTS) is 1. The minimum absolute atomic E-state index is 0.0657. The van der Waals surface area contributed by atoms with Gasteiger partial charge in [0.15, 0.2) is 6.10 Å². The molecule has 0 heterocycles. The fourth-order valence-corrected chi connectivity index (χ4v) is 6.87. The molecular formula is C42H80NO12P. The van der Waals surface area contributed by atoms with Crippen LogP contribution in [0.2, 0.25) is 0 Å². The Morgan fingerprint density at radius 2 is 1.07 bits per heavy atom. The standard InChI is InChI=1S/C42H80NO12P/c1-3-5-7-9-11-12-13-14-15-16-17-18-19-23-27-31-40(46)52-33-36(34-53-56(50,51)54-35-37(43)42(48)49)55-41(47)32-28-24-20-22-26-30-39(45)38(44)29-25-21-10-8-6-4-2/h21,25,36-39,44-45H,3-20,22-24,26-35,43H2,1-2H3,(H,48,49)(H,50,51)/b25-21-/t36-,37+,38+,39+/m1/s1. The number of aliphatic hydroxyl groups excluding tert-OH is 2. The summed E-state index contributed by atoms with van der Waals surface area (Å²) >= 11 is 0. The first kappa shape index (κ1) is 54.1. The topological polar surface area (TPSA) is 212 Å². The minimum Gasteiger partial charge on any atom is -0.480 e. The molecule has 0 aliphatic heterocycles. The Morgan fingerprint density at radius 3 is 1.61 bits per heavy atom. The number of carboxylic acids is 1. The molecule has 0 amide bonds. The van der Waals surface area contributed by atoms with E-state index in [9.17, 15) is 34.1 Å². The third-order valence-corrected chi connectivity index (χ3v) is 10.7. The quantitative estimate of drug-likeness (QED) is 0.0169. The Kier molecular flexibility index (Phi) is 36.2. The zero-order valence-electron chi connectivity index (χ0n) is 35.0. The van der Waals surface area contributed by atoms with Gasteiger partial charge in [0.2, 0.25) is 0 Å². The van der Waals surface area contributed by atoms with Gasteiger partial charge in [0, 0.05) is 12.8 Å². The monoisotopic (exact) mass is 822 g/mol. The summed E-state index contributed by atoms with van der Waals surface area (Å²) in [4.78, 5) is 45.9. The third kappa shape index (κ3) is 35.3. The van der Waals surface area contributed by atoms with Crippen molar-refractivity contribution in [3.8, 4) is 0 Å². The largest absolute Gasteiger partial charge is 0.480 e. The van der Waals surface area contributed by atoms with Crippen molar-refractivity contribution >= 4 is 25.7 Å². The number of aliphatic hydroxyl groups is 2. The number of hydrogen-bond acceptors (Lipinski definition) is 11. The molecule has 0 aromatic rings. The second-order valence-corrected chi connectivity index (χ2v) is 16.6. The maximum absolute atomic E-state index is 12.6. The van der Waals surface area contributed by atoms with E-state index in [0.717, 1.165) is 64.2 Å². The molecule has 0 aromatic carbocycles. The summed E-state index contributed by atoms with van der Waals surface area (Å²) in [6.45, 7) is 2.60. The SMILES string of the molecule is CCCCC/C=C\C[C@H](O)[C@@H](O)CCCCCCCC(=O)O[C@H](COC(=O)CCCCCCCCCCCCCCCCC)COP(=O)(O)OC[C@H](N)C(=O)O. The highest BCUT2D eigenvalue weighted by molar-refractivity contribution is 7.47. The van der Waals surface area contributed by atoms with Gasteiger partial charge in [-0.15, -0.1) is 0 Å². The van der Waals surface area contributed by atoms with Crippen LogP contribution in [0.25, 0.3) is 0 Å². The number of unbranched alkanes of at least 4 members (excludes halogenated alkanes) is 21. The molecule has 5 atom stereocenters. The lowest BCUT2D eigenvalue weighted by molar-refractivity contribution is -0.161. The van der Waals surface area contributed by atoms with Crippen molar-refractivity contribution < 1.29 is 57.7 Å². The highest BCUT2D eigenvalue weighted by Gasteiger charge is 2.28. The van der Waals surface area contributed by atoms with Gasteiger partial charge in [0.1, 0.15) is 12.6 Å². The van der Waals surface area contributed by atoms with Crippen molar-refractivity contribution in [2.24, 2.45) is 5.73 Å². The van der Waals surface area contributed by atoms with Crippen LogP contribution in [-0.4, -0.2) is 82.3 Å². The van der Waals surface area contributed by atoms with E-state index in [1.165, 1.54) is 77.0 Å². The minimum atomic E-state index is -4.75. The number of nitrogens with two attached hydrogens (primary N) is 1. The molecule has 0 rings (SSSR count). The van der Waals surface area contributed by atoms with Gasteiger partial charge in [-0.2, -0.15) is 0 Å². The number of carbonyl (C=O) groups is 3. The lowest BCUT2D eigenvalue weighted by Gasteiger charge is -2.20. The Balaban J connectivity index is 4.46. The van der Waals surface area contributed by atoms with E-state index >= 15 is 0 Å². The molecule has 0 spiro atoms. The molecule has 0 aliphatic carbocycles. The summed E-state index contributed by atoms with van der Waals surface area (Å²) in [5, 5.41) is 29.3. The number of phosphoric acid groups is 1. The maximum Gasteiger partial charge on any atom is 0.472 e. The van der Waals surface area contributed by atoms with Gasteiger partial charge < -0.3 is 35.4 Å². The molecule has 0 bridgehead atoms. The number of allylic oxidation sites excluding steroid dienone is 1. The van der Waals surface area contributed by atoms with E-state index in [0.29, 0.717) is 25.7 Å². The van der Waals surface area contributed by atoms with Crippen molar-refractivity contribution in [3.05, 3.63) is 12.2 Å². The van der Waals surface area contributed by atoms with Crippen LogP contribution >= 0.6 is 7.82 Å². The van der Waals surface area contributed by atoms with Crippen LogP contribution < -0.4 is 5.73 Å². The smallest absolute Gasteiger partial charge is 0.472 e. The van der Waals surface area contributed by atoms with Gasteiger partial charge in [-0.05, 0) is 38.5 Å². The number of ether oxygens (including phenoxy) is 2. The van der Waals surface area contributed by atoms with Gasteiger partial charge in [-0.25, -0.2) is 4.57 Å². The average molecular weight is 822 g/mol. The second-order valence-electron chi connectivity index (χ2n) is 15.1. The fraction of sp³-hybridized carbons (Fsp3) is 0.881. The highest BCUT2D eigenvalue weighted by Crippen LogP contribution is 2.43. The van der Waals surface area contributed by atoms with Gasteiger partial charge in [-0.3, -0.25) is 23.4 Å². The van der Waals surface area contributed by atoms with E-state index in [-0.39, 0.29) is 19.4 Å². The van der Waals surface area contributed by atoms with Crippen LogP contribution in [0.1, 0.15) is 194 Å². The van der Waals surface area contributed by atoms with Crippen LogP contribution in [0.5, 0.6) is 0 Å². The number of hydrogen-bond donors (Lipinski definition) is 5. The zero-order chi connectivity index (χ0) is 41.7. The second kappa shape index (κ2) is 37.4. The molecule has 330 valence electrons. The molecule has 0 fully saturated rings. The van der Waals surface area contributed by atoms with Crippen molar-refractivity contribution in [3.63, 3.8) is 0 Å². The first-order chi connectivity index (χ1) is 26.9. The Bertz CT molecular complexity index is 1050. The first-order valence-corrected chi connectivity index (χ1v) is 23.4. The van der Waals surface area contributed by atoms with Crippen LogP contribution in [0.3, 0.4) is 0 Å². The molecule has 13 nitrogen and oxygen atoms in total. The summed E-state index contributed by atoms with van der Waals surface area (Å²) in [6, 6.07) is -1.54. The van der Waals surface area contributed by atoms with Gasteiger partial charge in [0.25, 0.3) is 0 Å². The Hall–Kier alpha value is -1.86. The van der Waals surface area contributed by atoms with E-state index in [1.54, 1.807) is 0 Å². The maximum atomic E-state index is 12.6. The number of esters is 2. The van der Waals surface area contributed by atoms with E-state index in [1.807, 2.05) is 6.08 Å². The summed E-state index contributed by atoms with van der Waals surface area (Å²) in [7, 11) is -4.75. The van der Waals surface area contributed by atoms with Crippen molar-refractivity contribution in [2.45, 2.75) is 218 Å². The average Bonchev–Trinajstić information content (AvgIpc) is 3.17. The number of aliphatic carboxylic acids is 1. The van der Waals surface area contributed by atoms with E-state index in [4.69, 9.17) is 24.8 Å². The molecule has 56 heavy (non-hydrogen) atoms. The molecule has 0 saturated heterocycles. The lowest BCUT2D eigenvalue weighted by Crippen LogP contribution is -2.34. The molecule has 0 radical (unpaired) electrons. The molecule has 0 aromatic heterocycles. The fourth-order valence-electron chi connectivity index (χ4n) is 6.09. The number of phosphoric ester groups is 1. The molecule has 14 heteroatoms. The van der Waals surface area contributed by atoms with Gasteiger partial charge >= 0.3 is 25.7 Å². The Labute approximate surface area is 338 Å². The van der Waals surface area contributed by atoms with Gasteiger partial charge in [0.05, 0.1) is 25.4 Å². The van der Waals surface area contributed by atoms with Crippen molar-refractivity contribution in [1.29, 1.82) is 0 Å². The summed E-state index contributed by atoms with van der Waals surface area (Å²) < 4.78 is 32.6. The lowest BCUT2D eigenvalue weighted by atomic mass is 10.0. The molecule has 0 aliphatic rings. The van der Waals surface area contributed by atoms with E-state index in [2.05, 4.69) is 24.4 Å². The van der Waals surface area contributed by atoms with Crippen LogP contribution in [0.15, 0.2) is 12.2 Å². The molecule has 1 unspecified atom stereocenters. The predicted molar refractivity (Wildman–Crippen MR) is 220 cm³/mol. The third-order valence-electron chi connectivity index (χ3n) is 9.71. The highest BCUT2D eigenvalue weighted by atomic mass is 31.2. The Morgan fingerprint density at radius 1 is 0.607 bits per heavy atom. The van der Waals surface area contributed by atoms with Crippen molar-refractivity contribution in [1.82, 2.24) is 0 Å². The molecule has 6 N–H and O–H groups in total. The molecule has 0 saturated carbocycles. The van der Waals surface area contributed by atoms with Crippen molar-refractivity contribution in [2.75, 3.05) is 19.8 Å². The first-order valence-electron chi connectivity index (χ1n) is 21.9. The molecular weight excluding hydrogens is 741 g/mol. The van der Waals surface area contributed by atoms with Crippen LogP contribution in [-0.2, 0) is 37.5 Å². The summed E-state index contributed by atoms with van der Waals surface area (Å²) in [5.41, 5.74) is 5.32. The zero-order valence-corrected chi connectivity index (χ0v) is 35.9. The predicted octanol–water partition coefficient (Wildman–Crippen LogP) is 9.23. The summed E-state index contributed by atoms with van der Waals surface area (Å²) in [6.07, 6.45) is 28.7. The van der Waals surface area contributed by atoms with Crippen LogP contribution in [0, 0.1) is 0 Å². The number of carbonyl (C=O) groups excluding carboxylic acids is 2. The normalized spacial score (nSPS) is 15.0. The van der Waals surface area contributed by atoms with Crippen LogP contribution in [0.4, 0.5) is 0 Å².